The van der Waals surface area contributed by atoms with Crippen molar-refractivity contribution in [1.82, 2.24) is 19.8 Å². The Morgan fingerprint density at radius 2 is 2.07 bits per heavy atom. The summed E-state index contributed by atoms with van der Waals surface area (Å²) in [5, 5.41) is 3.10. The molecule has 1 aromatic carbocycles. The van der Waals surface area contributed by atoms with Crippen LogP contribution in [-0.2, 0) is 11.3 Å². The number of ether oxygens (including phenoxy) is 2. The molecule has 0 bridgehead atoms. The smallest absolute Gasteiger partial charge is 0.260 e. The molecule has 2 heterocycles. The maximum atomic E-state index is 12.6. The van der Waals surface area contributed by atoms with Crippen LogP contribution in [0.15, 0.2) is 30.3 Å². The number of nitrogens with one attached hydrogen (secondary N) is 1. The third kappa shape index (κ3) is 5.14. The molecular formula is C21H29N5O3. The van der Waals surface area contributed by atoms with Gasteiger partial charge in [-0.05, 0) is 38.6 Å². The maximum absolute atomic E-state index is 12.6. The van der Waals surface area contributed by atoms with E-state index in [9.17, 15) is 4.79 Å². The van der Waals surface area contributed by atoms with E-state index in [1.165, 1.54) is 0 Å². The molecule has 2 aromatic rings. The van der Waals surface area contributed by atoms with Gasteiger partial charge in [0.05, 0.1) is 25.4 Å². The molecule has 3 rings (SSSR count). The summed E-state index contributed by atoms with van der Waals surface area (Å²) in [4.78, 5) is 25.8. The number of amides is 1. The van der Waals surface area contributed by atoms with E-state index in [4.69, 9.17) is 14.5 Å². The number of rotatable bonds is 8. The van der Waals surface area contributed by atoms with E-state index < -0.39 is 0 Å². The third-order valence-electron chi connectivity index (χ3n) is 5.12. The number of carbonyl (C=O) groups excluding carboxylic acids is 1. The minimum absolute atomic E-state index is 0.0704. The molecule has 1 atom stereocenters. The van der Waals surface area contributed by atoms with Crippen LogP contribution in [0.2, 0.25) is 0 Å². The van der Waals surface area contributed by atoms with Crippen LogP contribution >= 0.6 is 0 Å². The highest BCUT2D eigenvalue weighted by Gasteiger charge is 2.26. The van der Waals surface area contributed by atoms with Crippen molar-refractivity contribution in [2.75, 3.05) is 46.7 Å². The lowest BCUT2D eigenvalue weighted by atomic mass is 10.2. The van der Waals surface area contributed by atoms with E-state index in [0.717, 1.165) is 36.7 Å². The first-order chi connectivity index (χ1) is 14.0. The zero-order chi connectivity index (χ0) is 20.8. The highest BCUT2D eigenvalue weighted by atomic mass is 16.5. The van der Waals surface area contributed by atoms with Crippen molar-refractivity contribution >= 4 is 11.7 Å². The van der Waals surface area contributed by atoms with Gasteiger partial charge in [-0.1, -0.05) is 12.1 Å². The van der Waals surface area contributed by atoms with Crippen molar-refractivity contribution in [3.8, 4) is 11.5 Å². The van der Waals surface area contributed by atoms with Crippen LogP contribution in [0.5, 0.6) is 11.5 Å². The molecule has 0 spiro atoms. The van der Waals surface area contributed by atoms with Gasteiger partial charge < -0.3 is 19.7 Å². The summed E-state index contributed by atoms with van der Waals surface area (Å²) >= 11 is 0. The molecule has 0 saturated carbocycles. The molecule has 1 aromatic heterocycles. The highest BCUT2D eigenvalue weighted by molar-refractivity contribution is 5.77. The van der Waals surface area contributed by atoms with E-state index >= 15 is 0 Å². The zero-order valence-corrected chi connectivity index (χ0v) is 17.5. The van der Waals surface area contributed by atoms with Gasteiger partial charge in [0.25, 0.3) is 5.91 Å². The Bertz CT molecular complexity index is 845. The van der Waals surface area contributed by atoms with Crippen molar-refractivity contribution < 1.29 is 14.3 Å². The third-order valence-corrected chi connectivity index (χ3v) is 5.12. The van der Waals surface area contributed by atoms with Gasteiger partial charge in [-0.25, -0.2) is 9.97 Å². The fraction of sp³-hybridized carbons (Fsp3) is 0.476. The van der Waals surface area contributed by atoms with Crippen LogP contribution in [0.1, 0.15) is 30.4 Å². The van der Waals surface area contributed by atoms with Gasteiger partial charge in [0.2, 0.25) is 0 Å². The topological polar surface area (TPSA) is 79.8 Å². The Morgan fingerprint density at radius 1 is 1.31 bits per heavy atom. The molecule has 156 valence electrons. The lowest BCUT2D eigenvalue weighted by Gasteiger charge is -2.21. The fourth-order valence-corrected chi connectivity index (χ4v) is 3.43. The minimum atomic E-state index is -0.139. The van der Waals surface area contributed by atoms with E-state index in [-0.39, 0.29) is 18.6 Å². The monoisotopic (exact) mass is 399 g/mol. The van der Waals surface area contributed by atoms with Crippen LogP contribution in [-0.4, -0.2) is 67.1 Å². The first-order valence-corrected chi connectivity index (χ1v) is 9.77. The number of methoxy groups -OCH3 is 1. The summed E-state index contributed by atoms with van der Waals surface area (Å²) in [5.74, 6) is 2.57. The molecule has 1 fully saturated rings. The van der Waals surface area contributed by atoms with Gasteiger partial charge in [0.1, 0.15) is 11.6 Å². The number of hydrogen-bond donors (Lipinski definition) is 1. The van der Waals surface area contributed by atoms with Crippen LogP contribution in [0.4, 0.5) is 5.82 Å². The Morgan fingerprint density at radius 3 is 2.72 bits per heavy atom. The average Bonchev–Trinajstić information content (AvgIpc) is 3.17. The maximum Gasteiger partial charge on any atom is 0.260 e. The highest BCUT2D eigenvalue weighted by Crippen LogP contribution is 2.29. The number of hydrogen-bond acceptors (Lipinski definition) is 7. The molecule has 0 radical (unpaired) electrons. The molecule has 1 aliphatic heterocycles. The zero-order valence-electron chi connectivity index (χ0n) is 17.5. The summed E-state index contributed by atoms with van der Waals surface area (Å²) in [5.41, 5.74) is 0.799. The molecule has 1 amide bonds. The summed E-state index contributed by atoms with van der Waals surface area (Å²) in [6.07, 6.45) is 2.19. The van der Waals surface area contributed by atoms with Crippen LogP contribution in [0.3, 0.4) is 0 Å². The lowest BCUT2D eigenvalue weighted by Crippen LogP contribution is -2.31. The van der Waals surface area contributed by atoms with Gasteiger partial charge in [-0.15, -0.1) is 0 Å². The number of likely N-dealkylation sites (N-methyl/N-ethyl adjacent to an activating group) is 1. The summed E-state index contributed by atoms with van der Waals surface area (Å²) in [7, 11) is 7.25. The van der Waals surface area contributed by atoms with E-state index in [0.29, 0.717) is 18.0 Å². The molecule has 8 nitrogen and oxygen atoms in total. The number of benzene rings is 1. The SMILES string of the molecule is CNc1cc(CN(C)C(=O)COc2ccccc2OC)nc([C@H]2CCCN2C)n1. The molecule has 29 heavy (non-hydrogen) atoms. The second kappa shape index (κ2) is 9.56. The van der Waals surface area contributed by atoms with Crippen LogP contribution in [0.25, 0.3) is 0 Å². The second-order valence-electron chi connectivity index (χ2n) is 7.18. The largest absolute Gasteiger partial charge is 0.493 e. The van der Waals surface area contributed by atoms with Crippen molar-refractivity contribution in [3.63, 3.8) is 0 Å². The second-order valence-corrected chi connectivity index (χ2v) is 7.18. The van der Waals surface area contributed by atoms with Gasteiger partial charge >= 0.3 is 0 Å². The molecule has 1 saturated heterocycles. The van der Waals surface area contributed by atoms with Gasteiger partial charge in [-0.3, -0.25) is 9.69 Å². The first kappa shape index (κ1) is 20.9. The van der Waals surface area contributed by atoms with Crippen molar-refractivity contribution in [2.45, 2.75) is 25.4 Å². The van der Waals surface area contributed by atoms with Crippen LogP contribution < -0.4 is 14.8 Å². The van der Waals surface area contributed by atoms with Crippen molar-refractivity contribution in [3.05, 3.63) is 41.9 Å². The van der Waals surface area contributed by atoms with Crippen molar-refractivity contribution in [1.29, 1.82) is 0 Å². The molecule has 8 heteroatoms. The predicted molar refractivity (Wildman–Crippen MR) is 111 cm³/mol. The fourth-order valence-electron chi connectivity index (χ4n) is 3.43. The molecule has 1 N–H and O–H groups in total. The lowest BCUT2D eigenvalue weighted by molar-refractivity contribution is -0.132. The summed E-state index contributed by atoms with van der Waals surface area (Å²) < 4.78 is 10.9. The standard InChI is InChI=1S/C21H29N5O3/c1-22-19-12-15(23-21(24-19)16-8-7-11-25(16)2)13-26(3)20(27)14-29-18-10-6-5-9-17(18)28-4/h5-6,9-10,12,16H,7-8,11,13-14H2,1-4H3,(H,22,23,24)/t16-/m1/s1. The van der Waals surface area contributed by atoms with E-state index in [2.05, 4.69) is 22.2 Å². The normalized spacial score (nSPS) is 16.5. The molecule has 0 unspecified atom stereocenters. The van der Waals surface area contributed by atoms with E-state index in [1.54, 1.807) is 31.2 Å². The predicted octanol–water partition coefficient (Wildman–Crippen LogP) is 2.33. The quantitative estimate of drug-likeness (QED) is 0.730. The van der Waals surface area contributed by atoms with Gasteiger partial charge in [-0.2, -0.15) is 0 Å². The van der Waals surface area contributed by atoms with Gasteiger partial charge in [0, 0.05) is 20.2 Å². The average molecular weight is 399 g/mol. The Labute approximate surface area is 171 Å². The molecular weight excluding hydrogens is 370 g/mol. The Hall–Kier alpha value is -2.87. The summed E-state index contributed by atoms with van der Waals surface area (Å²) in [6.45, 7) is 1.36. The number of para-hydroxylation sites is 2. The number of anilines is 1. The number of carbonyl (C=O) groups is 1. The number of likely N-dealkylation sites (tertiary alicyclic amines) is 1. The van der Waals surface area contributed by atoms with Crippen molar-refractivity contribution in [2.24, 2.45) is 0 Å². The first-order valence-electron chi connectivity index (χ1n) is 9.77. The van der Waals surface area contributed by atoms with Crippen LogP contribution in [0, 0.1) is 0 Å². The molecule has 1 aliphatic rings. The summed E-state index contributed by atoms with van der Waals surface area (Å²) in [6, 6.07) is 9.37. The Balaban J connectivity index is 1.66. The van der Waals surface area contributed by atoms with E-state index in [1.807, 2.05) is 25.2 Å². The van der Waals surface area contributed by atoms with Gasteiger partial charge in [0.15, 0.2) is 18.1 Å². The minimum Gasteiger partial charge on any atom is -0.493 e. The number of nitrogens with zero attached hydrogens (tertiary/aromatic N) is 4. The molecule has 0 aliphatic carbocycles. The number of aromatic nitrogens is 2. The Kier molecular flexibility index (Phi) is 6.87.